The first-order valence-electron chi connectivity index (χ1n) is 6.62. The van der Waals surface area contributed by atoms with Gasteiger partial charge in [-0.3, -0.25) is 0 Å². The van der Waals surface area contributed by atoms with Gasteiger partial charge in [0.25, 0.3) is 0 Å². The van der Waals surface area contributed by atoms with Crippen molar-refractivity contribution >= 4 is 26.3 Å². The van der Waals surface area contributed by atoms with Crippen LogP contribution < -0.4 is 10.6 Å². The number of hydrogen-bond acceptors (Lipinski definition) is 6. The maximum absolute atomic E-state index is 11.6. The van der Waals surface area contributed by atoms with Gasteiger partial charge in [0.1, 0.15) is 0 Å². The molecule has 19 heavy (non-hydrogen) atoms. The van der Waals surface area contributed by atoms with Crippen molar-refractivity contribution in [3.8, 4) is 0 Å². The van der Waals surface area contributed by atoms with Gasteiger partial charge in [-0.1, -0.05) is 13.3 Å². The maximum atomic E-state index is 11.6. The number of aromatic nitrogens is 1. The van der Waals surface area contributed by atoms with Crippen molar-refractivity contribution in [2.75, 3.05) is 23.0 Å². The zero-order valence-electron chi connectivity index (χ0n) is 11.4. The molecular weight excluding hydrogens is 282 g/mol. The fraction of sp³-hybridized carbons (Fsp3) is 0.750. The summed E-state index contributed by atoms with van der Waals surface area (Å²) < 4.78 is 23.2. The standard InChI is InChI=1S/C12H21N3O2S2/c1-3-4-10-11(7-13)18-12(14-10)15-5-6-19(16,17)8-9(15)2/h9H,3-8,13H2,1-2H3. The number of nitrogens with two attached hydrogens (primary N) is 1. The predicted molar refractivity (Wildman–Crippen MR) is 79.5 cm³/mol. The van der Waals surface area contributed by atoms with E-state index in [1.54, 1.807) is 11.3 Å². The third-order valence-electron chi connectivity index (χ3n) is 3.36. The number of anilines is 1. The normalized spacial score (nSPS) is 22.7. The molecule has 1 aliphatic rings. The Hall–Kier alpha value is -0.660. The molecule has 5 nitrogen and oxygen atoms in total. The second-order valence-corrected chi connectivity index (χ2v) is 8.27. The second kappa shape index (κ2) is 5.76. The molecule has 0 aromatic carbocycles. The van der Waals surface area contributed by atoms with Crippen molar-refractivity contribution in [3.63, 3.8) is 0 Å². The minimum Gasteiger partial charge on any atom is -0.343 e. The van der Waals surface area contributed by atoms with Gasteiger partial charge in [-0.2, -0.15) is 0 Å². The van der Waals surface area contributed by atoms with Gasteiger partial charge < -0.3 is 10.6 Å². The van der Waals surface area contributed by atoms with Crippen molar-refractivity contribution in [3.05, 3.63) is 10.6 Å². The van der Waals surface area contributed by atoms with Crippen molar-refractivity contribution in [1.82, 2.24) is 4.98 Å². The largest absolute Gasteiger partial charge is 0.343 e. The Balaban J connectivity index is 2.22. The lowest BCUT2D eigenvalue weighted by molar-refractivity contribution is 0.568. The molecule has 1 atom stereocenters. The molecule has 2 N–H and O–H groups in total. The number of hydrogen-bond donors (Lipinski definition) is 1. The van der Waals surface area contributed by atoms with Crippen molar-refractivity contribution in [2.24, 2.45) is 5.73 Å². The van der Waals surface area contributed by atoms with E-state index in [4.69, 9.17) is 5.73 Å². The highest BCUT2D eigenvalue weighted by atomic mass is 32.2. The Labute approximate surface area is 118 Å². The van der Waals surface area contributed by atoms with E-state index >= 15 is 0 Å². The van der Waals surface area contributed by atoms with E-state index in [0.29, 0.717) is 13.1 Å². The molecule has 1 saturated heterocycles. The first-order chi connectivity index (χ1) is 8.96. The van der Waals surface area contributed by atoms with E-state index in [1.807, 2.05) is 6.92 Å². The minimum atomic E-state index is -2.88. The zero-order valence-corrected chi connectivity index (χ0v) is 13.1. The quantitative estimate of drug-likeness (QED) is 0.904. The predicted octanol–water partition coefficient (Wildman–Crippen LogP) is 1.18. The van der Waals surface area contributed by atoms with Crippen molar-refractivity contribution in [1.29, 1.82) is 0 Å². The van der Waals surface area contributed by atoms with Crippen LogP contribution >= 0.6 is 11.3 Å². The van der Waals surface area contributed by atoms with E-state index in [9.17, 15) is 8.42 Å². The van der Waals surface area contributed by atoms with Crippen LogP contribution in [-0.4, -0.2) is 37.5 Å². The summed E-state index contributed by atoms with van der Waals surface area (Å²) in [7, 11) is -2.88. The second-order valence-electron chi connectivity index (χ2n) is 4.98. The summed E-state index contributed by atoms with van der Waals surface area (Å²) in [6.45, 7) is 5.11. The summed E-state index contributed by atoms with van der Waals surface area (Å²) in [5, 5.41) is 0.923. The zero-order chi connectivity index (χ0) is 14.0. The summed E-state index contributed by atoms with van der Waals surface area (Å²) in [6.07, 6.45) is 1.98. The van der Waals surface area contributed by atoms with Gasteiger partial charge in [0.2, 0.25) is 0 Å². The van der Waals surface area contributed by atoms with Gasteiger partial charge in [0, 0.05) is 24.0 Å². The molecule has 0 amide bonds. The summed E-state index contributed by atoms with van der Waals surface area (Å²) in [6, 6.07) is -0.00926. The van der Waals surface area contributed by atoms with E-state index in [1.165, 1.54) is 0 Å². The molecule has 7 heteroatoms. The van der Waals surface area contributed by atoms with Crippen LogP contribution in [0.4, 0.5) is 5.13 Å². The average Bonchev–Trinajstić information content (AvgIpc) is 2.71. The first kappa shape index (κ1) is 14.7. The molecule has 2 rings (SSSR count). The molecule has 0 saturated carbocycles. The monoisotopic (exact) mass is 303 g/mol. The summed E-state index contributed by atoms with van der Waals surface area (Å²) in [5.74, 6) is 0.436. The molecule has 1 aromatic rings. The number of sulfone groups is 1. The SMILES string of the molecule is CCCc1nc(N2CCS(=O)(=O)CC2C)sc1CN. The molecule has 0 radical (unpaired) electrons. The molecule has 1 fully saturated rings. The van der Waals surface area contributed by atoms with Crippen molar-refractivity contribution in [2.45, 2.75) is 39.3 Å². The topological polar surface area (TPSA) is 76.3 Å². The Morgan fingerprint density at radius 1 is 1.53 bits per heavy atom. The van der Waals surface area contributed by atoms with E-state index < -0.39 is 9.84 Å². The fourth-order valence-corrected chi connectivity index (χ4v) is 5.04. The lowest BCUT2D eigenvalue weighted by Gasteiger charge is -2.32. The Morgan fingerprint density at radius 3 is 2.84 bits per heavy atom. The van der Waals surface area contributed by atoms with E-state index in [-0.39, 0.29) is 17.5 Å². The smallest absolute Gasteiger partial charge is 0.186 e. The molecule has 108 valence electrons. The van der Waals surface area contributed by atoms with Crippen LogP contribution in [0, 0.1) is 0 Å². The summed E-state index contributed by atoms with van der Waals surface area (Å²) >= 11 is 1.60. The fourth-order valence-electron chi connectivity index (χ4n) is 2.37. The highest BCUT2D eigenvalue weighted by Gasteiger charge is 2.30. The van der Waals surface area contributed by atoms with E-state index in [0.717, 1.165) is 28.5 Å². The van der Waals surface area contributed by atoms with Gasteiger partial charge in [-0.05, 0) is 13.3 Å². The molecule has 0 bridgehead atoms. The molecule has 1 aliphatic heterocycles. The highest BCUT2D eigenvalue weighted by Crippen LogP contribution is 2.30. The average molecular weight is 303 g/mol. The summed E-state index contributed by atoms with van der Waals surface area (Å²) in [4.78, 5) is 7.89. The molecular formula is C12H21N3O2S2. The number of rotatable bonds is 4. The highest BCUT2D eigenvalue weighted by molar-refractivity contribution is 7.91. The minimum absolute atomic E-state index is 0.00926. The van der Waals surface area contributed by atoms with Gasteiger partial charge in [-0.25, -0.2) is 13.4 Å². The lowest BCUT2D eigenvalue weighted by atomic mass is 10.2. The number of aryl methyl sites for hydroxylation is 1. The third-order valence-corrected chi connectivity index (χ3v) is 6.31. The third kappa shape index (κ3) is 3.27. The number of nitrogens with zero attached hydrogens (tertiary/aromatic N) is 2. The molecule has 1 aromatic heterocycles. The van der Waals surface area contributed by atoms with Crippen LogP contribution in [0.15, 0.2) is 0 Å². The van der Waals surface area contributed by atoms with Crippen molar-refractivity contribution < 1.29 is 8.42 Å². The van der Waals surface area contributed by atoms with Gasteiger partial charge in [0.05, 0.1) is 17.2 Å². The van der Waals surface area contributed by atoms with Crippen LogP contribution in [-0.2, 0) is 22.8 Å². The van der Waals surface area contributed by atoms with E-state index in [2.05, 4.69) is 16.8 Å². The Morgan fingerprint density at radius 2 is 2.26 bits per heavy atom. The number of thiazole rings is 1. The van der Waals surface area contributed by atoms with Crippen LogP contribution in [0.5, 0.6) is 0 Å². The Kier molecular flexibility index (Phi) is 4.47. The van der Waals surface area contributed by atoms with Crippen LogP contribution in [0.25, 0.3) is 0 Å². The molecule has 0 aliphatic carbocycles. The van der Waals surface area contributed by atoms with Crippen LogP contribution in [0.1, 0.15) is 30.8 Å². The molecule has 0 spiro atoms. The first-order valence-corrected chi connectivity index (χ1v) is 9.26. The van der Waals surface area contributed by atoms with Crippen LogP contribution in [0.3, 0.4) is 0 Å². The van der Waals surface area contributed by atoms with Gasteiger partial charge >= 0.3 is 0 Å². The summed E-state index contributed by atoms with van der Waals surface area (Å²) in [5.41, 5.74) is 6.83. The van der Waals surface area contributed by atoms with Crippen LogP contribution in [0.2, 0.25) is 0 Å². The molecule has 2 heterocycles. The Bertz CT molecular complexity index is 539. The maximum Gasteiger partial charge on any atom is 0.186 e. The van der Waals surface area contributed by atoms with Gasteiger partial charge in [0.15, 0.2) is 15.0 Å². The lowest BCUT2D eigenvalue weighted by Crippen LogP contribution is -2.47. The van der Waals surface area contributed by atoms with Gasteiger partial charge in [-0.15, -0.1) is 11.3 Å². The molecule has 1 unspecified atom stereocenters.